The van der Waals surface area contributed by atoms with Gasteiger partial charge in [0.15, 0.2) is 0 Å². The largest absolute Gasteiger partial charge is 0.497 e. The van der Waals surface area contributed by atoms with Crippen molar-refractivity contribution in [3.63, 3.8) is 0 Å². The summed E-state index contributed by atoms with van der Waals surface area (Å²) in [6.07, 6.45) is 1.12. The smallest absolute Gasteiger partial charge is 0.129 e. The lowest BCUT2D eigenvalue weighted by molar-refractivity contribution is 0.0919. The van der Waals surface area contributed by atoms with E-state index in [1.807, 2.05) is 36.4 Å². The van der Waals surface area contributed by atoms with E-state index in [4.69, 9.17) is 13.9 Å². The second kappa shape index (κ2) is 8.49. The number of hydrogen-bond acceptors (Lipinski definition) is 4. The highest BCUT2D eigenvalue weighted by Gasteiger charge is 2.02. The molecular formula is C17H23NO3. The number of hydrogen-bond donors (Lipinski definition) is 1. The molecule has 0 saturated carbocycles. The molecule has 1 aromatic carbocycles. The first-order valence-electron chi connectivity index (χ1n) is 7.30. The van der Waals surface area contributed by atoms with Crippen molar-refractivity contribution in [1.82, 2.24) is 5.32 Å². The molecule has 0 unspecified atom stereocenters. The summed E-state index contributed by atoms with van der Waals surface area (Å²) in [6, 6.07) is 11.8. The Bertz CT molecular complexity index is 519. The van der Waals surface area contributed by atoms with Gasteiger partial charge in [0.25, 0.3) is 0 Å². The van der Waals surface area contributed by atoms with Crippen molar-refractivity contribution in [2.45, 2.75) is 33.1 Å². The monoisotopic (exact) mass is 289 g/mol. The van der Waals surface area contributed by atoms with Crippen LogP contribution >= 0.6 is 0 Å². The van der Waals surface area contributed by atoms with Gasteiger partial charge in [0.2, 0.25) is 0 Å². The fraction of sp³-hybridized carbons (Fsp3) is 0.412. The first-order chi connectivity index (χ1) is 10.3. The van der Waals surface area contributed by atoms with Gasteiger partial charge in [0.05, 0.1) is 20.3 Å². The van der Waals surface area contributed by atoms with Crippen LogP contribution in [0.3, 0.4) is 0 Å². The molecular weight excluding hydrogens is 266 g/mol. The fourth-order valence-corrected chi connectivity index (χ4v) is 1.97. The molecule has 114 valence electrons. The maximum atomic E-state index is 5.70. The number of nitrogens with one attached hydrogen (secondary N) is 1. The maximum Gasteiger partial charge on any atom is 0.129 e. The maximum absolute atomic E-state index is 5.70. The van der Waals surface area contributed by atoms with Gasteiger partial charge in [-0.3, -0.25) is 0 Å². The fourth-order valence-electron chi connectivity index (χ4n) is 1.97. The molecule has 2 aromatic rings. The van der Waals surface area contributed by atoms with Crippen LogP contribution in [0, 0.1) is 0 Å². The van der Waals surface area contributed by atoms with Crippen molar-refractivity contribution in [3.05, 3.63) is 53.5 Å². The predicted molar refractivity (Wildman–Crippen MR) is 82.2 cm³/mol. The topological polar surface area (TPSA) is 43.6 Å². The standard InChI is InChI=1S/C17H23NO3/c1-3-10-18-11-16-8-9-17(21-16)13-20-12-14-4-6-15(19-2)7-5-14/h4-9,18H,3,10-13H2,1-2H3. The molecule has 0 spiro atoms. The van der Waals surface area contributed by atoms with Crippen LogP contribution in [0.1, 0.15) is 30.4 Å². The van der Waals surface area contributed by atoms with Crippen LogP contribution in [0.25, 0.3) is 0 Å². The molecule has 0 aliphatic heterocycles. The van der Waals surface area contributed by atoms with Crippen LogP contribution in [0.2, 0.25) is 0 Å². The summed E-state index contributed by atoms with van der Waals surface area (Å²) in [5, 5.41) is 3.31. The van der Waals surface area contributed by atoms with Gasteiger partial charge < -0.3 is 19.2 Å². The molecule has 4 heteroatoms. The van der Waals surface area contributed by atoms with Crippen LogP contribution in [0.4, 0.5) is 0 Å². The molecule has 0 radical (unpaired) electrons. The third kappa shape index (κ3) is 5.25. The molecule has 0 saturated heterocycles. The zero-order valence-electron chi connectivity index (χ0n) is 12.7. The summed E-state index contributed by atoms with van der Waals surface area (Å²) < 4.78 is 16.5. The van der Waals surface area contributed by atoms with E-state index >= 15 is 0 Å². The molecule has 0 aliphatic rings. The van der Waals surface area contributed by atoms with Crippen LogP contribution < -0.4 is 10.1 Å². The third-order valence-electron chi connectivity index (χ3n) is 3.12. The molecule has 0 amide bonds. The first-order valence-corrected chi connectivity index (χ1v) is 7.30. The van der Waals surface area contributed by atoms with Crippen LogP contribution in [0.15, 0.2) is 40.8 Å². The minimum atomic E-state index is 0.486. The van der Waals surface area contributed by atoms with Crippen molar-refractivity contribution < 1.29 is 13.9 Å². The molecule has 0 atom stereocenters. The molecule has 4 nitrogen and oxygen atoms in total. The van der Waals surface area contributed by atoms with Gasteiger partial charge in [0.1, 0.15) is 23.9 Å². The van der Waals surface area contributed by atoms with Crippen LogP contribution in [-0.4, -0.2) is 13.7 Å². The molecule has 21 heavy (non-hydrogen) atoms. The van der Waals surface area contributed by atoms with Gasteiger partial charge in [0, 0.05) is 0 Å². The number of methoxy groups -OCH3 is 1. The number of rotatable bonds is 9. The SMILES string of the molecule is CCCNCc1ccc(COCc2ccc(OC)cc2)o1. The van der Waals surface area contributed by atoms with E-state index in [9.17, 15) is 0 Å². The summed E-state index contributed by atoms with van der Waals surface area (Å²) in [5.74, 6) is 2.66. The van der Waals surface area contributed by atoms with Crippen molar-refractivity contribution in [2.24, 2.45) is 0 Å². The van der Waals surface area contributed by atoms with Crippen molar-refractivity contribution in [2.75, 3.05) is 13.7 Å². The summed E-state index contributed by atoms with van der Waals surface area (Å²) in [4.78, 5) is 0. The van der Waals surface area contributed by atoms with Gasteiger partial charge in [-0.25, -0.2) is 0 Å². The molecule has 0 fully saturated rings. The second-order valence-electron chi connectivity index (χ2n) is 4.89. The van der Waals surface area contributed by atoms with E-state index in [0.29, 0.717) is 13.2 Å². The van der Waals surface area contributed by atoms with E-state index in [-0.39, 0.29) is 0 Å². The highest BCUT2D eigenvalue weighted by atomic mass is 16.5. The van der Waals surface area contributed by atoms with Crippen LogP contribution in [-0.2, 0) is 24.5 Å². The summed E-state index contributed by atoms with van der Waals surface area (Å²) in [7, 11) is 1.66. The molecule has 2 rings (SSSR count). The summed E-state index contributed by atoms with van der Waals surface area (Å²) >= 11 is 0. The normalized spacial score (nSPS) is 10.8. The molecule has 0 aliphatic carbocycles. The minimum Gasteiger partial charge on any atom is -0.497 e. The van der Waals surface area contributed by atoms with Gasteiger partial charge in [-0.05, 0) is 42.8 Å². The first kappa shape index (κ1) is 15.6. The van der Waals surface area contributed by atoms with Crippen LogP contribution in [0.5, 0.6) is 5.75 Å². The third-order valence-corrected chi connectivity index (χ3v) is 3.12. The van der Waals surface area contributed by atoms with E-state index < -0.39 is 0 Å². The number of ether oxygens (including phenoxy) is 2. The Kier molecular flexibility index (Phi) is 6.31. The van der Waals surface area contributed by atoms with E-state index in [0.717, 1.165) is 42.3 Å². The quantitative estimate of drug-likeness (QED) is 0.717. The van der Waals surface area contributed by atoms with Gasteiger partial charge in [-0.15, -0.1) is 0 Å². The van der Waals surface area contributed by atoms with E-state index in [1.165, 1.54) is 0 Å². The van der Waals surface area contributed by atoms with E-state index in [2.05, 4.69) is 12.2 Å². The van der Waals surface area contributed by atoms with Gasteiger partial charge in [-0.2, -0.15) is 0 Å². The molecule has 0 bridgehead atoms. The Hall–Kier alpha value is -1.78. The lowest BCUT2D eigenvalue weighted by atomic mass is 10.2. The Labute approximate surface area is 126 Å². The van der Waals surface area contributed by atoms with E-state index in [1.54, 1.807) is 7.11 Å². The predicted octanol–water partition coefficient (Wildman–Crippen LogP) is 3.50. The second-order valence-corrected chi connectivity index (χ2v) is 4.89. The Morgan fingerprint density at radius 2 is 1.76 bits per heavy atom. The summed E-state index contributed by atoms with van der Waals surface area (Å²) in [5.41, 5.74) is 1.12. The Balaban J connectivity index is 1.72. The average Bonchev–Trinajstić information content (AvgIpc) is 2.96. The average molecular weight is 289 g/mol. The lowest BCUT2D eigenvalue weighted by Crippen LogP contribution is -2.13. The zero-order chi connectivity index (χ0) is 14.9. The Morgan fingerprint density at radius 3 is 2.48 bits per heavy atom. The molecule has 1 N–H and O–H groups in total. The Morgan fingerprint density at radius 1 is 1.00 bits per heavy atom. The molecule has 1 heterocycles. The van der Waals surface area contributed by atoms with Crippen molar-refractivity contribution in [1.29, 1.82) is 0 Å². The highest BCUT2D eigenvalue weighted by Crippen LogP contribution is 2.14. The highest BCUT2D eigenvalue weighted by molar-refractivity contribution is 5.26. The van der Waals surface area contributed by atoms with Gasteiger partial charge >= 0.3 is 0 Å². The zero-order valence-corrected chi connectivity index (χ0v) is 12.7. The lowest BCUT2D eigenvalue weighted by Gasteiger charge is -2.04. The summed E-state index contributed by atoms with van der Waals surface area (Å²) in [6.45, 7) is 4.97. The minimum absolute atomic E-state index is 0.486. The number of furan rings is 1. The number of benzene rings is 1. The molecule has 1 aromatic heterocycles. The van der Waals surface area contributed by atoms with Gasteiger partial charge in [-0.1, -0.05) is 19.1 Å². The van der Waals surface area contributed by atoms with Crippen molar-refractivity contribution >= 4 is 0 Å². The van der Waals surface area contributed by atoms with Crippen molar-refractivity contribution in [3.8, 4) is 5.75 Å².